The lowest BCUT2D eigenvalue weighted by molar-refractivity contribution is -0.135. The van der Waals surface area contributed by atoms with Gasteiger partial charge in [-0.3, -0.25) is 9.59 Å². The summed E-state index contributed by atoms with van der Waals surface area (Å²) < 4.78 is 5.30. The molecule has 0 saturated carbocycles. The summed E-state index contributed by atoms with van der Waals surface area (Å²) >= 11 is 0. The van der Waals surface area contributed by atoms with Crippen molar-refractivity contribution in [3.8, 4) is 5.75 Å². The van der Waals surface area contributed by atoms with E-state index in [2.05, 4.69) is 0 Å². The maximum absolute atomic E-state index is 12.2. The van der Waals surface area contributed by atoms with Gasteiger partial charge in [-0.05, 0) is 25.1 Å². The molecule has 5 nitrogen and oxygen atoms in total. The average molecular weight is 302 g/mol. The Morgan fingerprint density at radius 2 is 1.77 bits per heavy atom. The number of ether oxygens (including phenoxy) is 1. The second-order valence-electron chi connectivity index (χ2n) is 5.41. The van der Waals surface area contributed by atoms with Gasteiger partial charge in [-0.2, -0.15) is 0 Å². The van der Waals surface area contributed by atoms with Gasteiger partial charge in [-0.1, -0.05) is 11.6 Å². The first-order chi connectivity index (χ1) is 10.5. The molecule has 0 aromatic heterocycles. The van der Waals surface area contributed by atoms with Crippen molar-refractivity contribution in [2.75, 3.05) is 33.3 Å². The maximum Gasteiger partial charge on any atom is 0.246 e. The summed E-state index contributed by atoms with van der Waals surface area (Å²) in [4.78, 5) is 27.0. The van der Waals surface area contributed by atoms with E-state index in [0.29, 0.717) is 26.2 Å². The first-order valence-electron chi connectivity index (χ1n) is 7.38. The van der Waals surface area contributed by atoms with Gasteiger partial charge < -0.3 is 14.5 Å². The standard InChI is InChI=1S/C17H22N2O3/c1-13-4-6-16(22-3)15(12-13)5-7-17(21)19-10-8-18(9-11-19)14(2)20/h4-7,12H,8-11H2,1-3H3. The molecular formula is C17H22N2O3. The number of nitrogens with zero attached hydrogens (tertiary/aromatic N) is 2. The summed E-state index contributed by atoms with van der Waals surface area (Å²) in [7, 11) is 1.62. The van der Waals surface area contributed by atoms with Crippen molar-refractivity contribution in [2.24, 2.45) is 0 Å². The number of carbonyl (C=O) groups is 2. The van der Waals surface area contributed by atoms with Gasteiger partial charge in [0.15, 0.2) is 0 Å². The number of amides is 2. The van der Waals surface area contributed by atoms with Gasteiger partial charge in [0.1, 0.15) is 5.75 Å². The van der Waals surface area contributed by atoms with Gasteiger partial charge in [-0.15, -0.1) is 0 Å². The van der Waals surface area contributed by atoms with E-state index >= 15 is 0 Å². The number of methoxy groups -OCH3 is 1. The van der Waals surface area contributed by atoms with Crippen LogP contribution in [0.2, 0.25) is 0 Å². The molecule has 1 saturated heterocycles. The van der Waals surface area contributed by atoms with Crippen molar-refractivity contribution in [3.63, 3.8) is 0 Å². The first kappa shape index (κ1) is 16.1. The van der Waals surface area contributed by atoms with Crippen molar-refractivity contribution >= 4 is 17.9 Å². The van der Waals surface area contributed by atoms with Crippen LogP contribution in [0.15, 0.2) is 24.3 Å². The molecule has 5 heteroatoms. The van der Waals surface area contributed by atoms with Crippen molar-refractivity contribution in [2.45, 2.75) is 13.8 Å². The second kappa shape index (κ2) is 7.11. The Bertz CT molecular complexity index is 588. The number of aryl methyl sites for hydroxylation is 1. The highest BCUT2D eigenvalue weighted by molar-refractivity contribution is 5.92. The van der Waals surface area contributed by atoms with E-state index in [1.54, 1.807) is 36.0 Å². The third-order valence-electron chi connectivity index (χ3n) is 3.83. The molecule has 1 aliphatic heterocycles. The summed E-state index contributed by atoms with van der Waals surface area (Å²) in [5.41, 5.74) is 2.00. The Balaban J connectivity index is 2.00. The molecule has 1 aromatic rings. The fraction of sp³-hybridized carbons (Fsp3) is 0.412. The lowest BCUT2D eigenvalue weighted by atomic mass is 10.1. The summed E-state index contributed by atoms with van der Waals surface area (Å²) in [6, 6.07) is 5.85. The van der Waals surface area contributed by atoms with E-state index in [9.17, 15) is 9.59 Å². The van der Waals surface area contributed by atoms with Crippen LogP contribution in [-0.2, 0) is 9.59 Å². The highest BCUT2D eigenvalue weighted by Crippen LogP contribution is 2.21. The average Bonchev–Trinajstić information content (AvgIpc) is 2.52. The fourth-order valence-corrected chi connectivity index (χ4v) is 2.49. The van der Waals surface area contributed by atoms with E-state index < -0.39 is 0 Å². The number of rotatable bonds is 3. The lowest BCUT2D eigenvalue weighted by Crippen LogP contribution is -2.49. The van der Waals surface area contributed by atoms with Gasteiger partial charge in [0.2, 0.25) is 11.8 Å². The number of piperazine rings is 1. The first-order valence-corrected chi connectivity index (χ1v) is 7.38. The van der Waals surface area contributed by atoms with Crippen molar-refractivity contribution in [3.05, 3.63) is 35.4 Å². The highest BCUT2D eigenvalue weighted by atomic mass is 16.5. The zero-order valence-electron chi connectivity index (χ0n) is 13.3. The molecule has 0 unspecified atom stereocenters. The largest absolute Gasteiger partial charge is 0.496 e. The molecule has 1 aromatic carbocycles. The molecule has 2 rings (SSSR count). The van der Waals surface area contributed by atoms with Gasteiger partial charge >= 0.3 is 0 Å². The zero-order valence-corrected chi connectivity index (χ0v) is 13.3. The Morgan fingerprint density at radius 1 is 1.14 bits per heavy atom. The lowest BCUT2D eigenvalue weighted by Gasteiger charge is -2.33. The van der Waals surface area contributed by atoms with Crippen molar-refractivity contribution in [1.82, 2.24) is 9.80 Å². The van der Waals surface area contributed by atoms with Crippen LogP contribution >= 0.6 is 0 Å². The molecular weight excluding hydrogens is 280 g/mol. The summed E-state index contributed by atoms with van der Waals surface area (Å²) in [6.07, 6.45) is 3.35. The maximum atomic E-state index is 12.2. The molecule has 0 atom stereocenters. The Morgan fingerprint density at radius 3 is 2.36 bits per heavy atom. The van der Waals surface area contributed by atoms with E-state index in [0.717, 1.165) is 16.9 Å². The topological polar surface area (TPSA) is 49.9 Å². The van der Waals surface area contributed by atoms with Crippen molar-refractivity contribution in [1.29, 1.82) is 0 Å². The monoisotopic (exact) mass is 302 g/mol. The Labute approximate surface area is 131 Å². The van der Waals surface area contributed by atoms with Crippen LogP contribution < -0.4 is 4.74 Å². The molecule has 0 aliphatic carbocycles. The number of hydrogen-bond donors (Lipinski definition) is 0. The number of hydrogen-bond acceptors (Lipinski definition) is 3. The molecule has 22 heavy (non-hydrogen) atoms. The predicted octanol–water partition coefficient (Wildman–Crippen LogP) is 1.71. The molecule has 0 bridgehead atoms. The SMILES string of the molecule is COc1ccc(C)cc1C=CC(=O)N1CCN(C(C)=O)CC1. The predicted molar refractivity (Wildman–Crippen MR) is 85.6 cm³/mol. The minimum Gasteiger partial charge on any atom is -0.496 e. The van der Waals surface area contributed by atoms with E-state index in [-0.39, 0.29) is 11.8 Å². The van der Waals surface area contributed by atoms with E-state index in [1.165, 1.54) is 0 Å². The summed E-state index contributed by atoms with van der Waals surface area (Å²) in [5, 5.41) is 0. The molecule has 1 heterocycles. The van der Waals surface area contributed by atoms with Gasteiger partial charge in [-0.25, -0.2) is 0 Å². The number of carbonyl (C=O) groups excluding carboxylic acids is 2. The third kappa shape index (κ3) is 3.87. The van der Waals surface area contributed by atoms with Crippen LogP contribution in [0, 0.1) is 6.92 Å². The Hall–Kier alpha value is -2.30. The van der Waals surface area contributed by atoms with Gasteiger partial charge in [0.05, 0.1) is 7.11 Å². The molecule has 118 valence electrons. The molecule has 2 amide bonds. The van der Waals surface area contributed by atoms with E-state index in [4.69, 9.17) is 4.74 Å². The van der Waals surface area contributed by atoms with E-state index in [1.807, 2.05) is 25.1 Å². The van der Waals surface area contributed by atoms with Crippen LogP contribution in [0.3, 0.4) is 0 Å². The minimum absolute atomic E-state index is 0.0354. The third-order valence-corrected chi connectivity index (χ3v) is 3.83. The summed E-state index contributed by atoms with van der Waals surface area (Å²) in [5.74, 6) is 0.773. The van der Waals surface area contributed by atoms with Crippen LogP contribution in [0.5, 0.6) is 5.75 Å². The van der Waals surface area contributed by atoms with Crippen molar-refractivity contribution < 1.29 is 14.3 Å². The molecule has 0 N–H and O–H groups in total. The smallest absolute Gasteiger partial charge is 0.246 e. The molecule has 0 spiro atoms. The Kier molecular flexibility index (Phi) is 5.20. The summed E-state index contributed by atoms with van der Waals surface area (Å²) in [6.45, 7) is 5.91. The molecule has 0 radical (unpaired) electrons. The van der Waals surface area contributed by atoms with Crippen LogP contribution in [0.1, 0.15) is 18.1 Å². The van der Waals surface area contributed by atoms with Crippen LogP contribution in [0.25, 0.3) is 6.08 Å². The molecule has 1 aliphatic rings. The van der Waals surface area contributed by atoms with Crippen LogP contribution in [-0.4, -0.2) is 54.9 Å². The fourth-order valence-electron chi connectivity index (χ4n) is 2.49. The van der Waals surface area contributed by atoms with Gasteiger partial charge in [0.25, 0.3) is 0 Å². The highest BCUT2D eigenvalue weighted by Gasteiger charge is 2.20. The zero-order chi connectivity index (χ0) is 16.1. The minimum atomic E-state index is -0.0354. The second-order valence-corrected chi connectivity index (χ2v) is 5.41. The number of benzene rings is 1. The quantitative estimate of drug-likeness (QED) is 0.799. The van der Waals surface area contributed by atoms with Crippen LogP contribution in [0.4, 0.5) is 0 Å². The normalized spacial score (nSPS) is 15.2. The molecule has 1 fully saturated rings. The van der Waals surface area contributed by atoms with Gasteiger partial charge in [0, 0.05) is 44.7 Å².